The van der Waals surface area contributed by atoms with E-state index in [1.165, 1.54) is 0 Å². The number of amides is 2. The largest absolute Gasteiger partial charge is 0.325 e. The molecular weight excluding hydrogens is 383 g/mol. The molecular formula is C18H15Cl3N2O2. The first kappa shape index (κ1) is 18.1. The molecule has 0 atom stereocenters. The lowest BCUT2D eigenvalue weighted by Crippen LogP contribution is -2.35. The van der Waals surface area contributed by atoms with E-state index < -0.39 is 5.41 Å². The molecule has 2 N–H and O–H groups in total. The summed E-state index contributed by atoms with van der Waals surface area (Å²) in [5.41, 5.74) is 0.864. The number of rotatable bonds is 4. The Bertz CT molecular complexity index is 843. The van der Waals surface area contributed by atoms with E-state index in [-0.39, 0.29) is 11.8 Å². The molecule has 7 heteroatoms. The summed E-state index contributed by atoms with van der Waals surface area (Å²) in [6, 6.07) is 9.91. The molecule has 0 unspecified atom stereocenters. The molecule has 0 spiro atoms. The number of aryl methyl sites for hydroxylation is 1. The van der Waals surface area contributed by atoms with Gasteiger partial charge in [-0.05, 0) is 61.7 Å². The van der Waals surface area contributed by atoms with Crippen molar-refractivity contribution in [1.82, 2.24) is 0 Å². The predicted octanol–water partition coefficient (Wildman–Crippen LogP) is 5.31. The van der Waals surface area contributed by atoms with Gasteiger partial charge in [-0.2, -0.15) is 0 Å². The van der Waals surface area contributed by atoms with Gasteiger partial charge in [0.25, 0.3) is 0 Å². The fraction of sp³-hybridized carbons (Fsp3) is 0.222. The molecule has 2 amide bonds. The highest BCUT2D eigenvalue weighted by molar-refractivity contribution is 6.35. The third kappa shape index (κ3) is 3.92. The van der Waals surface area contributed by atoms with Gasteiger partial charge < -0.3 is 10.6 Å². The first-order valence-electron chi connectivity index (χ1n) is 7.65. The van der Waals surface area contributed by atoms with Crippen molar-refractivity contribution in [1.29, 1.82) is 0 Å². The zero-order chi connectivity index (χ0) is 18.2. The second kappa shape index (κ2) is 6.87. The third-order valence-corrected chi connectivity index (χ3v) is 4.85. The Morgan fingerprint density at radius 2 is 1.48 bits per heavy atom. The van der Waals surface area contributed by atoms with Crippen LogP contribution in [-0.2, 0) is 9.59 Å². The summed E-state index contributed by atoms with van der Waals surface area (Å²) in [7, 11) is 0. The SMILES string of the molecule is Cc1cc(Cl)ccc1NC(=O)C1(C(=O)Nc2cc(Cl)cc(Cl)c2)CC1. The number of hydrogen-bond acceptors (Lipinski definition) is 2. The lowest BCUT2D eigenvalue weighted by molar-refractivity contribution is -0.131. The normalized spacial score (nSPS) is 14.7. The maximum absolute atomic E-state index is 12.6. The molecule has 2 aromatic rings. The maximum atomic E-state index is 12.6. The second-order valence-electron chi connectivity index (χ2n) is 6.11. The van der Waals surface area contributed by atoms with E-state index in [9.17, 15) is 9.59 Å². The van der Waals surface area contributed by atoms with Crippen LogP contribution in [0.1, 0.15) is 18.4 Å². The van der Waals surface area contributed by atoms with E-state index in [2.05, 4.69) is 10.6 Å². The average Bonchev–Trinajstić information content (AvgIpc) is 3.30. The molecule has 4 nitrogen and oxygen atoms in total. The Balaban J connectivity index is 1.74. The highest BCUT2D eigenvalue weighted by atomic mass is 35.5. The maximum Gasteiger partial charge on any atom is 0.240 e. The number of nitrogens with one attached hydrogen (secondary N) is 2. The Morgan fingerprint density at radius 1 is 0.880 bits per heavy atom. The summed E-state index contributed by atoms with van der Waals surface area (Å²) in [5.74, 6) is -0.696. The van der Waals surface area contributed by atoms with E-state index in [0.717, 1.165) is 5.56 Å². The van der Waals surface area contributed by atoms with Gasteiger partial charge in [-0.15, -0.1) is 0 Å². The lowest BCUT2D eigenvalue weighted by Gasteiger charge is -2.17. The molecule has 3 rings (SSSR count). The molecule has 0 heterocycles. The molecule has 0 aliphatic heterocycles. The van der Waals surface area contributed by atoms with Crippen LogP contribution in [-0.4, -0.2) is 11.8 Å². The van der Waals surface area contributed by atoms with Crippen LogP contribution in [0.15, 0.2) is 36.4 Å². The van der Waals surface area contributed by atoms with Gasteiger partial charge in [-0.25, -0.2) is 0 Å². The smallest absolute Gasteiger partial charge is 0.240 e. The molecule has 1 aliphatic carbocycles. The number of carbonyl (C=O) groups excluding carboxylic acids is 2. The van der Waals surface area contributed by atoms with Gasteiger partial charge in [-0.3, -0.25) is 9.59 Å². The molecule has 0 saturated heterocycles. The van der Waals surface area contributed by atoms with Crippen LogP contribution in [0.5, 0.6) is 0 Å². The van der Waals surface area contributed by atoms with Crippen LogP contribution in [0.3, 0.4) is 0 Å². The molecule has 0 bridgehead atoms. The zero-order valence-electron chi connectivity index (χ0n) is 13.3. The van der Waals surface area contributed by atoms with Crippen LogP contribution < -0.4 is 10.6 Å². The highest BCUT2D eigenvalue weighted by Gasteiger charge is 2.56. The summed E-state index contributed by atoms with van der Waals surface area (Å²) >= 11 is 17.8. The summed E-state index contributed by atoms with van der Waals surface area (Å²) in [4.78, 5) is 25.3. The quantitative estimate of drug-likeness (QED) is 0.687. The van der Waals surface area contributed by atoms with E-state index >= 15 is 0 Å². The number of halogens is 3. The van der Waals surface area contributed by atoms with Crippen LogP contribution >= 0.6 is 34.8 Å². The predicted molar refractivity (Wildman–Crippen MR) is 102 cm³/mol. The number of hydrogen-bond donors (Lipinski definition) is 2. The Labute approximate surface area is 160 Å². The minimum absolute atomic E-state index is 0.330. The first-order chi connectivity index (χ1) is 11.8. The van der Waals surface area contributed by atoms with Gasteiger partial charge in [0.2, 0.25) is 11.8 Å². The van der Waals surface area contributed by atoms with Crippen molar-refractivity contribution in [2.75, 3.05) is 10.6 Å². The number of anilines is 2. The number of carbonyl (C=O) groups is 2. The van der Waals surface area contributed by atoms with Gasteiger partial charge in [0.1, 0.15) is 5.41 Å². The molecule has 1 aliphatic rings. The molecule has 0 radical (unpaired) electrons. The second-order valence-corrected chi connectivity index (χ2v) is 7.42. The van der Waals surface area contributed by atoms with Crippen molar-refractivity contribution in [3.8, 4) is 0 Å². The van der Waals surface area contributed by atoms with Crippen LogP contribution in [0.2, 0.25) is 15.1 Å². The van der Waals surface area contributed by atoms with E-state index in [1.807, 2.05) is 6.92 Å². The fourth-order valence-electron chi connectivity index (χ4n) is 2.57. The molecule has 1 fully saturated rings. The van der Waals surface area contributed by atoms with Gasteiger partial charge >= 0.3 is 0 Å². The van der Waals surface area contributed by atoms with Gasteiger partial charge in [0, 0.05) is 26.4 Å². The van der Waals surface area contributed by atoms with Crippen molar-refractivity contribution in [2.45, 2.75) is 19.8 Å². The van der Waals surface area contributed by atoms with Crippen LogP contribution in [0, 0.1) is 12.3 Å². The molecule has 2 aromatic carbocycles. The zero-order valence-corrected chi connectivity index (χ0v) is 15.6. The fourth-order valence-corrected chi connectivity index (χ4v) is 3.32. The van der Waals surface area contributed by atoms with Gasteiger partial charge in [0.05, 0.1) is 0 Å². The van der Waals surface area contributed by atoms with Gasteiger partial charge in [0.15, 0.2) is 0 Å². The molecule has 130 valence electrons. The lowest BCUT2D eigenvalue weighted by atomic mass is 10.0. The van der Waals surface area contributed by atoms with Crippen molar-refractivity contribution >= 4 is 58.0 Å². The van der Waals surface area contributed by atoms with Crippen LogP contribution in [0.25, 0.3) is 0 Å². The third-order valence-electron chi connectivity index (χ3n) is 4.18. The molecule has 0 aromatic heterocycles. The standard InChI is InChI=1S/C18H15Cl3N2O2/c1-10-6-11(19)2-3-15(10)23-17(25)18(4-5-18)16(24)22-14-8-12(20)7-13(21)9-14/h2-3,6-9H,4-5H2,1H3,(H,22,24)(H,23,25). The Hall–Kier alpha value is -1.75. The van der Waals surface area contributed by atoms with Crippen molar-refractivity contribution in [3.05, 3.63) is 57.0 Å². The van der Waals surface area contributed by atoms with Crippen LogP contribution in [0.4, 0.5) is 11.4 Å². The van der Waals surface area contributed by atoms with Crippen molar-refractivity contribution in [3.63, 3.8) is 0 Å². The summed E-state index contributed by atoms with van der Waals surface area (Å²) in [6.45, 7) is 1.84. The van der Waals surface area contributed by atoms with E-state index in [4.69, 9.17) is 34.8 Å². The molecule has 1 saturated carbocycles. The van der Waals surface area contributed by atoms with E-state index in [1.54, 1.807) is 36.4 Å². The Kier molecular flexibility index (Phi) is 4.96. The topological polar surface area (TPSA) is 58.2 Å². The Morgan fingerprint density at radius 3 is 2.04 bits per heavy atom. The number of benzene rings is 2. The molecule has 25 heavy (non-hydrogen) atoms. The average molecular weight is 398 g/mol. The minimum Gasteiger partial charge on any atom is -0.325 e. The van der Waals surface area contributed by atoms with E-state index in [0.29, 0.717) is 39.3 Å². The van der Waals surface area contributed by atoms with Crippen molar-refractivity contribution in [2.24, 2.45) is 5.41 Å². The summed E-state index contributed by atoms with van der Waals surface area (Å²) in [5, 5.41) is 6.96. The first-order valence-corrected chi connectivity index (χ1v) is 8.79. The van der Waals surface area contributed by atoms with Crippen molar-refractivity contribution < 1.29 is 9.59 Å². The summed E-state index contributed by atoms with van der Waals surface area (Å²) in [6.07, 6.45) is 0.983. The monoisotopic (exact) mass is 396 g/mol. The van der Waals surface area contributed by atoms with Gasteiger partial charge in [-0.1, -0.05) is 34.8 Å². The summed E-state index contributed by atoms with van der Waals surface area (Å²) < 4.78 is 0. The minimum atomic E-state index is -1.07. The highest BCUT2D eigenvalue weighted by Crippen LogP contribution is 2.47.